The van der Waals surface area contributed by atoms with Crippen LogP contribution in [0.2, 0.25) is 0 Å². The summed E-state index contributed by atoms with van der Waals surface area (Å²) in [6, 6.07) is 13.6. The average Bonchev–Trinajstić information content (AvgIpc) is 3.17. The molecule has 0 radical (unpaired) electrons. The van der Waals surface area contributed by atoms with E-state index >= 15 is 0 Å². The normalized spacial score (nSPS) is 12.1. The SMILES string of the molecule is CCCCc1nc2ccc(NCC(=O)CC)cc2n1Cc1ccc(OC(CC(C)C)C(=O)O)cc1. The lowest BCUT2D eigenvalue weighted by atomic mass is 10.1. The first-order chi connectivity index (χ1) is 16.8. The number of benzene rings is 2. The van der Waals surface area contributed by atoms with E-state index in [9.17, 15) is 14.7 Å². The van der Waals surface area contributed by atoms with Crippen LogP contribution in [0.15, 0.2) is 42.5 Å². The Morgan fingerprint density at radius 2 is 1.86 bits per heavy atom. The molecule has 1 heterocycles. The number of carbonyl (C=O) groups is 2. The molecular formula is C28H37N3O4. The number of hydrogen-bond acceptors (Lipinski definition) is 5. The number of carboxylic acids is 1. The third kappa shape index (κ3) is 7.31. The average molecular weight is 480 g/mol. The third-order valence-corrected chi connectivity index (χ3v) is 5.97. The molecule has 0 bridgehead atoms. The number of carboxylic acid groups (broad SMARTS) is 1. The molecule has 35 heavy (non-hydrogen) atoms. The van der Waals surface area contributed by atoms with Gasteiger partial charge in [0, 0.05) is 25.1 Å². The number of hydrogen-bond donors (Lipinski definition) is 2. The zero-order valence-corrected chi connectivity index (χ0v) is 21.2. The molecule has 2 aromatic carbocycles. The van der Waals surface area contributed by atoms with Gasteiger partial charge in [0.1, 0.15) is 11.6 Å². The molecule has 1 aromatic heterocycles. The highest BCUT2D eigenvalue weighted by Gasteiger charge is 2.21. The standard InChI is InChI=1S/C28H37N3O4/c1-5-7-8-27-30-24-14-11-21(29-17-22(32)6-2)16-25(24)31(27)18-20-9-12-23(13-10-20)35-26(28(33)34)15-19(3)4/h9-14,16,19,26,29H,5-8,15,17-18H2,1-4H3,(H,33,34). The van der Waals surface area contributed by atoms with E-state index in [2.05, 4.69) is 22.9 Å². The van der Waals surface area contributed by atoms with Gasteiger partial charge in [0.05, 0.1) is 17.6 Å². The number of aromatic nitrogens is 2. The Bertz CT molecular complexity index is 1140. The van der Waals surface area contributed by atoms with Crippen LogP contribution in [0.4, 0.5) is 5.69 Å². The lowest BCUT2D eigenvalue weighted by molar-refractivity contribution is -0.145. The highest BCUT2D eigenvalue weighted by Crippen LogP contribution is 2.24. The van der Waals surface area contributed by atoms with Gasteiger partial charge in [-0.25, -0.2) is 9.78 Å². The van der Waals surface area contributed by atoms with E-state index in [0.717, 1.165) is 47.4 Å². The molecule has 0 aliphatic heterocycles. The van der Waals surface area contributed by atoms with Crippen molar-refractivity contribution in [1.82, 2.24) is 9.55 Å². The van der Waals surface area contributed by atoms with E-state index in [-0.39, 0.29) is 11.7 Å². The van der Waals surface area contributed by atoms with E-state index in [4.69, 9.17) is 9.72 Å². The summed E-state index contributed by atoms with van der Waals surface area (Å²) < 4.78 is 7.97. The molecule has 1 unspecified atom stereocenters. The zero-order chi connectivity index (χ0) is 25.4. The van der Waals surface area contributed by atoms with Gasteiger partial charge in [-0.3, -0.25) is 4.79 Å². The molecule has 188 valence electrons. The molecule has 0 saturated carbocycles. The molecule has 0 spiro atoms. The second-order valence-electron chi connectivity index (χ2n) is 9.39. The fraction of sp³-hybridized carbons (Fsp3) is 0.464. The smallest absolute Gasteiger partial charge is 0.344 e. The first-order valence-electron chi connectivity index (χ1n) is 12.5. The van der Waals surface area contributed by atoms with Crippen LogP contribution in [0.3, 0.4) is 0 Å². The molecule has 3 aromatic rings. The number of imidazole rings is 1. The maximum Gasteiger partial charge on any atom is 0.344 e. The molecule has 1 atom stereocenters. The number of anilines is 1. The zero-order valence-electron chi connectivity index (χ0n) is 21.2. The van der Waals surface area contributed by atoms with Gasteiger partial charge in [0.25, 0.3) is 0 Å². The van der Waals surface area contributed by atoms with Gasteiger partial charge in [0.2, 0.25) is 0 Å². The molecule has 0 aliphatic rings. The first-order valence-corrected chi connectivity index (χ1v) is 12.5. The largest absolute Gasteiger partial charge is 0.479 e. The van der Waals surface area contributed by atoms with Crippen LogP contribution in [0.1, 0.15) is 64.8 Å². The van der Waals surface area contributed by atoms with Crippen LogP contribution in [0.25, 0.3) is 11.0 Å². The topological polar surface area (TPSA) is 93.5 Å². The number of Topliss-reactive ketones (excluding diaryl/α,β-unsaturated/α-hetero) is 1. The molecule has 2 N–H and O–H groups in total. The second-order valence-corrected chi connectivity index (χ2v) is 9.39. The minimum atomic E-state index is -0.946. The summed E-state index contributed by atoms with van der Waals surface area (Å²) in [7, 11) is 0. The predicted molar refractivity (Wildman–Crippen MR) is 139 cm³/mol. The molecule has 0 amide bonds. The Kier molecular flexibility index (Phi) is 9.29. The quantitative estimate of drug-likeness (QED) is 0.308. The van der Waals surface area contributed by atoms with Gasteiger partial charge >= 0.3 is 5.97 Å². The lowest BCUT2D eigenvalue weighted by Gasteiger charge is -2.17. The van der Waals surface area contributed by atoms with Crippen LogP contribution in [-0.2, 0) is 22.6 Å². The Hall–Kier alpha value is -3.35. The van der Waals surface area contributed by atoms with Gasteiger partial charge in [-0.15, -0.1) is 0 Å². The number of fused-ring (bicyclic) bond motifs is 1. The summed E-state index contributed by atoms with van der Waals surface area (Å²) in [6.45, 7) is 8.95. The van der Waals surface area contributed by atoms with E-state index < -0.39 is 12.1 Å². The number of ketones is 1. The van der Waals surface area contributed by atoms with Crippen molar-refractivity contribution in [2.75, 3.05) is 11.9 Å². The number of ether oxygens (including phenoxy) is 1. The number of aryl methyl sites for hydroxylation is 1. The van der Waals surface area contributed by atoms with E-state index in [0.29, 0.717) is 31.7 Å². The Balaban J connectivity index is 1.83. The Morgan fingerprint density at radius 3 is 2.49 bits per heavy atom. The number of aliphatic carboxylic acids is 1. The van der Waals surface area contributed by atoms with E-state index in [1.807, 2.05) is 57.2 Å². The number of carbonyl (C=O) groups excluding carboxylic acids is 1. The van der Waals surface area contributed by atoms with Crippen molar-refractivity contribution in [2.24, 2.45) is 5.92 Å². The highest BCUT2D eigenvalue weighted by molar-refractivity contribution is 5.85. The fourth-order valence-corrected chi connectivity index (χ4v) is 3.96. The first kappa shape index (κ1) is 26.3. The van der Waals surface area contributed by atoms with Crippen molar-refractivity contribution in [2.45, 2.75) is 72.4 Å². The van der Waals surface area contributed by atoms with Gasteiger partial charge in [-0.2, -0.15) is 0 Å². The van der Waals surface area contributed by atoms with Crippen molar-refractivity contribution in [3.63, 3.8) is 0 Å². The van der Waals surface area contributed by atoms with E-state index in [1.165, 1.54) is 0 Å². The lowest BCUT2D eigenvalue weighted by Crippen LogP contribution is -2.28. The number of nitrogens with zero attached hydrogens (tertiary/aromatic N) is 2. The molecule has 3 rings (SSSR count). The Labute approximate surface area is 207 Å². The van der Waals surface area contributed by atoms with Crippen LogP contribution in [0.5, 0.6) is 5.75 Å². The van der Waals surface area contributed by atoms with Crippen LogP contribution >= 0.6 is 0 Å². The van der Waals surface area contributed by atoms with Crippen molar-refractivity contribution in [3.05, 3.63) is 53.9 Å². The summed E-state index contributed by atoms with van der Waals surface area (Å²) in [5.41, 5.74) is 3.93. The van der Waals surface area contributed by atoms with Crippen molar-refractivity contribution < 1.29 is 19.4 Å². The predicted octanol–water partition coefficient (Wildman–Crippen LogP) is 5.70. The summed E-state index contributed by atoms with van der Waals surface area (Å²) in [5, 5.41) is 12.7. The Morgan fingerprint density at radius 1 is 1.11 bits per heavy atom. The van der Waals surface area contributed by atoms with Crippen molar-refractivity contribution >= 4 is 28.5 Å². The monoisotopic (exact) mass is 479 g/mol. The van der Waals surface area contributed by atoms with E-state index in [1.54, 1.807) is 0 Å². The minimum Gasteiger partial charge on any atom is -0.479 e. The molecular weight excluding hydrogens is 442 g/mol. The molecule has 0 aliphatic carbocycles. The number of nitrogens with one attached hydrogen (secondary N) is 1. The molecule has 0 saturated heterocycles. The summed E-state index contributed by atoms with van der Waals surface area (Å²) >= 11 is 0. The third-order valence-electron chi connectivity index (χ3n) is 5.97. The van der Waals surface area contributed by atoms with Gasteiger partial charge in [-0.1, -0.05) is 46.2 Å². The maximum absolute atomic E-state index is 11.7. The maximum atomic E-state index is 11.7. The highest BCUT2D eigenvalue weighted by atomic mass is 16.5. The summed E-state index contributed by atoms with van der Waals surface area (Å²) in [5.74, 6) is 1.04. The van der Waals surface area contributed by atoms with Crippen LogP contribution in [-0.4, -0.2) is 39.1 Å². The summed E-state index contributed by atoms with van der Waals surface area (Å²) in [6.07, 6.45) is 3.14. The van der Waals surface area contributed by atoms with Gasteiger partial charge in [0.15, 0.2) is 11.9 Å². The summed E-state index contributed by atoms with van der Waals surface area (Å²) in [4.78, 5) is 28.2. The molecule has 7 heteroatoms. The number of unbranched alkanes of at least 4 members (excludes halogenated alkanes) is 1. The minimum absolute atomic E-state index is 0.170. The fourth-order valence-electron chi connectivity index (χ4n) is 3.96. The van der Waals surface area contributed by atoms with Gasteiger partial charge < -0.3 is 19.7 Å². The molecule has 7 nitrogen and oxygen atoms in total. The van der Waals surface area contributed by atoms with Gasteiger partial charge in [-0.05, 0) is 54.7 Å². The van der Waals surface area contributed by atoms with Crippen LogP contribution < -0.4 is 10.1 Å². The van der Waals surface area contributed by atoms with Crippen LogP contribution in [0, 0.1) is 5.92 Å². The molecule has 0 fully saturated rings. The van der Waals surface area contributed by atoms with Crippen molar-refractivity contribution in [1.29, 1.82) is 0 Å². The second kappa shape index (κ2) is 12.4. The van der Waals surface area contributed by atoms with Crippen molar-refractivity contribution in [3.8, 4) is 5.75 Å². The number of rotatable bonds is 14.